The maximum absolute atomic E-state index is 13.8. The average Bonchev–Trinajstić information content (AvgIpc) is 2.89. The largest absolute Gasteiger partial charge is 0.388 e. The summed E-state index contributed by atoms with van der Waals surface area (Å²) in [5.74, 6) is 1.21. The van der Waals surface area contributed by atoms with Crippen molar-refractivity contribution in [1.82, 2.24) is 0 Å². The molecule has 2 aliphatic carbocycles. The van der Waals surface area contributed by atoms with Crippen molar-refractivity contribution in [2.75, 3.05) is 0 Å². The van der Waals surface area contributed by atoms with Crippen molar-refractivity contribution in [2.24, 2.45) is 17.8 Å². The second-order valence-corrected chi connectivity index (χ2v) is 5.89. The molecule has 4 atom stereocenters. The molecule has 0 aromatic heterocycles. The topological polar surface area (TPSA) is 20.2 Å². The van der Waals surface area contributed by atoms with Crippen LogP contribution in [0.3, 0.4) is 0 Å². The minimum Gasteiger partial charge on any atom is -0.388 e. The number of hydrogen-bond donors (Lipinski definition) is 1. The van der Waals surface area contributed by atoms with Gasteiger partial charge in [-0.05, 0) is 49.1 Å². The SMILES string of the molecule is OC(c1ccc(Cl)cc1F)C1CC2CCC1C2. The van der Waals surface area contributed by atoms with E-state index < -0.39 is 6.10 Å². The van der Waals surface area contributed by atoms with E-state index in [2.05, 4.69) is 0 Å². The summed E-state index contributed by atoms with van der Waals surface area (Å²) in [4.78, 5) is 0. The molecule has 0 saturated heterocycles. The number of fused-ring (bicyclic) bond motifs is 2. The fourth-order valence-electron chi connectivity index (χ4n) is 3.65. The van der Waals surface area contributed by atoms with Gasteiger partial charge in [0.15, 0.2) is 0 Å². The van der Waals surface area contributed by atoms with Crippen LogP contribution in [-0.2, 0) is 0 Å². The molecule has 3 rings (SSSR count). The van der Waals surface area contributed by atoms with E-state index in [1.165, 1.54) is 25.3 Å². The summed E-state index contributed by atoms with van der Waals surface area (Å²) >= 11 is 5.72. The summed E-state index contributed by atoms with van der Waals surface area (Å²) in [5, 5.41) is 10.7. The third-order valence-corrected chi connectivity index (χ3v) is 4.71. The van der Waals surface area contributed by atoms with Crippen LogP contribution in [0.25, 0.3) is 0 Å². The Kier molecular flexibility index (Phi) is 2.87. The Balaban J connectivity index is 1.84. The number of rotatable bonds is 2. The highest BCUT2D eigenvalue weighted by Gasteiger charge is 2.43. The van der Waals surface area contributed by atoms with Crippen LogP contribution in [-0.4, -0.2) is 5.11 Å². The van der Waals surface area contributed by atoms with Gasteiger partial charge in [-0.3, -0.25) is 0 Å². The first-order chi connectivity index (χ1) is 8.15. The highest BCUT2D eigenvalue weighted by molar-refractivity contribution is 6.30. The molecule has 0 amide bonds. The van der Waals surface area contributed by atoms with E-state index in [9.17, 15) is 9.50 Å². The standard InChI is InChI=1S/C14H16ClFO/c15-10-3-4-11(13(16)7-10)14(17)12-6-8-1-2-9(12)5-8/h3-4,7-9,12,14,17H,1-2,5-6H2. The second-order valence-electron chi connectivity index (χ2n) is 5.45. The average molecular weight is 255 g/mol. The lowest BCUT2D eigenvalue weighted by atomic mass is 9.82. The molecule has 92 valence electrons. The lowest BCUT2D eigenvalue weighted by molar-refractivity contribution is 0.0715. The summed E-state index contributed by atoms with van der Waals surface area (Å²) in [6, 6.07) is 4.55. The van der Waals surface area contributed by atoms with Crippen LogP contribution in [0.2, 0.25) is 5.02 Å². The van der Waals surface area contributed by atoms with Crippen molar-refractivity contribution < 1.29 is 9.50 Å². The van der Waals surface area contributed by atoms with Crippen LogP contribution in [0.4, 0.5) is 4.39 Å². The number of aliphatic hydroxyl groups excluding tert-OH is 1. The fourth-order valence-corrected chi connectivity index (χ4v) is 3.81. The minimum atomic E-state index is -0.664. The maximum Gasteiger partial charge on any atom is 0.130 e. The van der Waals surface area contributed by atoms with E-state index >= 15 is 0 Å². The van der Waals surface area contributed by atoms with Gasteiger partial charge in [0.05, 0.1) is 6.10 Å². The first-order valence-corrected chi connectivity index (χ1v) is 6.66. The zero-order valence-corrected chi connectivity index (χ0v) is 10.3. The quantitative estimate of drug-likeness (QED) is 0.847. The molecule has 17 heavy (non-hydrogen) atoms. The van der Waals surface area contributed by atoms with E-state index in [1.807, 2.05) is 0 Å². The normalized spacial score (nSPS) is 33.0. The smallest absolute Gasteiger partial charge is 0.130 e. The molecule has 4 unspecified atom stereocenters. The molecule has 3 heteroatoms. The maximum atomic E-state index is 13.8. The molecular weight excluding hydrogens is 239 g/mol. The molecule has 2 aliphatic rings. The summed E-state index contributed by atoms with van der Waals surface area (Å²) in [6.07, 6.45) is 4.09. The number of aliphatic hydroxyl groups is 1. The number of hydrogen-bond acceptors (Lipinski definition) is 1. The molecule has 0 spiro atoms. The van der Waals surface area contributed by atoms with Gasteiger partial charge < -0.3 is 5.11 Å². The molecule has 1 aromatic rings. The van der Waals surface area contributed by atoms with Crippen molar-refractivity contribution in [3.63, 3.8) is 0 Å². The van der Waals surface area contributed by atoms with E-state index in [4.69, 9.17) is 11.6 Å². The molecule has 0 heterocycles. The first kappa shape index (κ1) is 11.5. The predicted octanol–water partition coefficient (Wildman–Crippen LogP) is 3.95. The van der Waals surface area contributed by atoms with Crippen LogP contribution in [0, 0.1) is 23.6 Å². The van der Waals surface area contributed by atoms with Gasteiger partial charge in [-0.15, -0.1) is 0 Å². The molecule has 1 nitrogen and oxygen atoms in total. The van der Waals surface area contributed by atoms with Gasteiger partial charge in [0, 0.05) is 10.6 Å². The van der Waals surface area contributed by atoms with Crippen LogP contribution >= 0.6 is 11.6 Å². The van der Waals surface area contributed by atoms with Gasteiger partial charge in [0.2, 0.25) is 0 Å². The predicted molar refractivity (Wildman–Crippen MR) is 65.3 cm³/mol. The van der Waals surface area contributed by atoms with Crippen molar-refractivity contribution in [2.45, 2.75) is 31.8 Å². The molecule has 2 bridgehead atoms. The highest BCUT2D eigenvalue weighted by atomic mass is 35.5. The van der Waals surface area contributed by atoms with Crippen molar-refractivity contribution in [1.29, 1.82) is 0 Å². The van der Waals surface area contributed by atoms with Gasteiger partial charge in [0.1, 0.15) is 5.82 Å². The van der Waals surface area contributed by atoms with Gasteiger partial charge in [-0.1, -0.05) is 24.1 Å². The summed E-state index contributed by atoms with van der Waals surface area (Å²) in [6.45, 7) is 0. The fraction of sp³-hybridized carbons (Fsp3) is 0.571. The Bertz CT molecular complexity index is 434. The molecule has 2 fully saturated rings. The van der Waals surface area contributed by atoms with Gasteiger partial charge in [0.25, 0.3) is 0 Å². The zero-order chi connectivity index (χ0) is 12.0. The first-order valence-electron chi connectivity index (χ1n) is 6.28. The molecule has 0 radical (unpaired) electrons. The number of benzene rings is 1. The van der Waals surface area contributed by atoms with Crippen LogP contribution in [0.5, 0.6) is 0 Å². The summed E-state index contributed by atoms with van der Waals surface area (Å²) < 4.78 is 13.8. The molecular formula is C14H16ClFO. The molecule has 1 N–H and O–H groups in total. The van der Waals surface area contributed by atoms with Crippen LogP contribution in [0.1, 0.15) is 37.4 Å². The third kappa shape index (κ3) is 1.98. The van der Waals surface area contributed by atoms with Gasteiger partial charge in [-0.2, -0.15) is 0 Å². The molecule has 2 saturated carbocycles. The van der Waals surface area contributed by atoms with Crippen molar-refractivity contribution >= 4 is 11.6 Å². The lowest BCUT2D eigenvalue weighted by Crippen LogP contribution is -2.20. The Hall–Kier alpha value is -0.600. The van der Waals surface area contributed by atoms with Crippen LogP contribution in [0.15, 0.2) is 18.2 Å². The van der Waals surface area contributed by atoms with Gasteiger partial charge in [-0.25, -0.2) is 4.39 Å². The third-order valence-electron chi connectivity index (χ3n) is 4.48. The second kappa shape index (κ2) is 4.25. The molecule has 1 aromatic carbocycles. The summed E-state index contributed by atoms with van der Waals surface area (Å²) in [5.41, 5.74) is 0.409. The molecule has 0 aliphatic heterocycles. The van der Waals surface area contributed by atoms with E-state index in [1.54, 1.807) is 12.1 Å². The van der Waals surface area contributed by atoms with Crippen LogP contribution < -0.4 is 0 Å². The van der Waals surface area contributed by atoms with E-state index in [-0.39, 0.29) is 11.7 Å². The Morgan fingerprint density at radius 3 is 2.71 bits per heavy atom. The zero-order valence-electron chi connectivity index (χ0n) is 9.57. The van der Waals surface area contributed by atoms with Crippen molar-refractivity contribution in [3.8, 4) is 0 Å². The lowest BCUT2D eigenvalue weighted by Gasteiger charge is -2.27. The van der Waals surface area contributed by atoms with Gasteiger partial charge >= 0.3 is 0 Å². The number of halogens is 2. The van der Waals surface area contributed by atoms with E-state index in [0.717, 1.165) is 12.3 Å². The summed E-state index contributed by atoms with van der Waals surface area (Å²) in [7, 11) is 0. The monoisotopic (exact) mass is 254 g/mol. The Morgan fingerprint density at radius 1 is 1.29 bits per heavy atom. The minimum absolute atomic E-state index is 0.240. The Morgan fingerprint density at radius 2 is 2.12 bits per heavy atom. The highest BCUT2D eigenvalue weighted by Crippen LogP contribution is 2.52. The van der Waals surface area contributed by atoms with Crippen molar-refractivity contribution in [3.05, 3.63) is 34.6 Å². The van der Waals surface area contributed by atoms with E-state index in [0.29, 0.717) is 16.5 Å². The Labute approximate surface area is 106 Å².